The number of nitrogen functional groups attached to an aromatic ring is 1. The molecule has 1 rings (SSSR count). The average molecular weight is 217 g/mol. The molecule has 0 aromatic heterocycles. The lowest BCUT2D eigenvalue weighted by Gasteiger charge is -2.18. The van der Waals surface area contributed by atoms with Crippen molar-refractivity contribution in [1.29, 1.82) is 0 Å². The number of benzene rings is 1. The Hall–Kier alpha value is -0.540. The predicted octanol–water partition coefficient (Wildman–Crippen LogP) is 2.71. The van der Waals surface area contributed by atoms with Gasteiger partial charge in [-0.15, -0.1) is 11.8 Å². The fourth-order valence-electron chi connectivity index (χ4n) is 1.15. The minimum Gasteiger partial charge on any atom is -0.398 e. The van der Waals surface area contributed by atoms with Crippen molar-refractivity contribution in [3.8, 4) is 0 Å². The second-order valence-corrected chi connectivity index (χ2v) is 4.19. The van der Waals surface area contributed by atoms with Crippen LogP contribution in [0, 0.1) is 0 Å². The van der Waals surface area contributed by atoms with E-state index in [0.717, 1.165) is 16.3 Å². The molecular formula is C9H13ClN2S. The third-order valence-corrected chi connectivity index (χ3v) is 2.82. The maximum absolute atomic E-state index is 5.91. The van der Waals surface area contributed by atoms with Gasteiger partial charge in [0.25, 0.3) is 0 Å². The Balaban J connectivity index is 3.29. The molecule has 0 spiro atoms. The van der Waals surface area contributed by atoms with Gasteiger partial charge in [0, 0.05) is 24.8 Å². The van der Waals surface area contributed by atoms with Gasteiger partial charge in [0.05, 0.1) is 10.6 Å². The van der Waals surface area contributed by atoms with E-state index in [4.69, 9.17) is 17.3 Å². The molecule has 0 unspecified atom stereocenters. The maximum Gasteiger partial charge on any atom is 0.0535 e. The molecule has 0 atom stereocenters. The van der Waals surface area contributed by atoms with Crippen LogP contribution in [0.2, 0.25) is 5.02 Å². The van der Waals surface area contributed by atoms with E-state index in [2.05, 4.69) is 0 Å². The number of halogens is 1. The molecule has 0 fully saturated rings. The summed E-state index contributed by atoms with van der Waals surface area (Å²) in [5.74, 6) is 0. The zero-order valence-corrected chi connectivity index (χ0v) is 9.54. The number of hydrogen-bond acceptors (Lipinski definition) is 3. The van der Waals surface area contributed by atoms with Crippen molar-refractivity contribution in [2.24, 2.45) is 0 Å². The first-order chi connectivity index (χ1) is 6.06. The molecule has 0 saturated heterocycles. The van der Waals surface area contributed by atoms with Crippen LogP contribution in [0.15, 0.2) is 17.0 Å². The highest BCUT2D eigenvalue weighted by Gasteiger charge is 2.08. The Morgan fingerprint density at radius 2 is 2.00 bits per heavy atom. The van der Waals surface area contributed by atoms with Crippen LogP contribution in [0.4, 0.5) is 11.4 Å². The molecule has 72 valence electrons. The fourth-order valence-corrected chi connectivity index (χ4v) is 2.12. The first-order valence-corrected chi connectivity index (χ1v) is 5.47. The van der Waals surface area contributed by atoms with E-state index in [1.165, 1.54) is 0 Å². The Morgan fingerprint density at radius 1 is 1.38 bits per heavy atom. The van der Waals surface area contributed by atoms with Gasteiger partial charge in [0.1, 0.15) is 0 Å². The molecule has 0 radical (unpaired) electrons. The first-order valence-electron chi connectivity index (χ1n) is 3.86. The van der Waals surface area contributed by atoms with Gasteiger partial charge < -0.3 is 10.6 Å². The van der Waals surface area contributed by atoms with Gasteiger partial charge in [-0.2, -0.15) is 0 Å². The summed E-state index contributed by atoms with van der Waals surface area (Å²) in [5.41, 5.74) is 7.65. The predicted molar refractivity (Wildman–Crippen MR) is 62.0 cm³/mol. The molecule has 0 heterocycles. The Labute approximate surface area is 88.1 Å². The largest absolute Gasteiger partial charge is 0.398 e. The molecular weight excluding hydrogens is 204 g/mol. The van der Waals surface area contributed by atoms with E-state index >= 15 is 0 Å². The van der Waals surface area contributed by atoms with Gasteiger partial charge in [-0.1, -0.05) is 11.6 Å². The number of nitrogens with two attached hydrogens (primary N) is 1. The van der Waals surface area contributed by atoms with Crippen molar-refractivity contribution in [2.75, 3.05) is 31.0 Å². The lowest BCUT2D eigenvalue weighted by Crippen LogP contribution is -2.10. The number of hydrogen-bond donors (Lipinski definition) is 1. The van der Waals surface area contributed by atoms with Crippen LogP contribution in [0.5, 0.6) is 0 Å². The third-order valence-electron chi connectivity index (χ3n) is 1.75. The molecule has 0 aliphatic heterocycles. The lowest BCUT2D eigenvalue weighted by molar-refractivity contribution is 1.10. The number of rotatable bonds is 2. The normalized spacial score (nSPS) is 10.2. The third kappa shape index (κ3) is 2.23. The summed E-state index contributed by atoms with van der Waals surface area (Å²) in [6, 6.07) is 3.70. The van der Waals surface area contributed by atoms with Crippen LogP contribution in [-0.2, 0) is 0 Å². The van der Waals surface area contributed by atoms with Crippen LogP contribution in [-0.4, -0.2) is 20.4 Å². The summed E-state index contributed by atoms with van der Waals surface area (Å²) in [6.45, 7) is 0. The summed E-state index contributed by atoms with van der Waals surface area (Å²) < 4.78 is 0. The highest BCUT2D eigenvalue weighted by Crippen LogP contribution is 2.35. The lowest BCUT2D eigenvalue weighted by atomic mass is 10.2. The molecule has 0 aliphatic carbocycles. The Bertz CT molecular complexity index is 313. The van der Waals surface area contributed by atoms with Crippen LogP contribution >= 0.6 is 23.4 Å². The van der Waals surface area contributed by atoms with Crippen molar-refractivity contribution in [3.05, 3.63) is 17.2 Å². The standard InChI is InChI=1S/C9H13ClN2S/c1-12(2)8-5-6(10)4-7(11)9(8)13-3/h4-5H,11H2,1-3H3. The van der Waals surface area contributed by atoms with Gasteiger partial charge in [-0.05, 0) is 18.4 Å². The van der Waals surface area contributed by atoms with Crippen molar-refractivity contribution in [1.82, 2.24) is 0 Å². The van der Waals surface area contributed by atoms with Gasteiger partial charge in [-0.3, -0.25) is 0 Å². The molecule has 4 heteroatoms. The molecule has 0 bridgehead atoms. The topological polar surface area (TPSA) is 29.3 Å². The second kappa shape index (κ2) is 4.11. The Kier molecular flexibility index (Phi) is 3.33. The summed E-state index contributed by atoms with van der Waals surface area (Å²) in [6.07, 6.45) is 2.01. The number of nitrogens with zero attached hydrogens (tertiary/aromatic N) is 1. The van der Waals surface area contributed by atoms with Crippen LogP contribution in [0.1, 0.15) is 0 Å². The summed E-state index contributed by atoms with van der Waals surface area (Å²) in [5, 5.41) is 0.680. The van der Waals surface area contributed by atoms with Crippen LogP contribution in [0.3, 0.4) is 0 Å². The van der Waals surface area contributed by atoms with E-state index in [1.54, 1.807) is 17.8 Å². The van der Waals surface area contributed by atoms with Gasteiger partial charge in [0.15, 0.2) is 0 Å². The van der Waals surface area contributed by atoms with Crippen molar-refractivity contribution in [2.45, 2.75) is 4.90 Å². The average Bonchev–Trinajstić information content (AvgIpc) is 2.02. The summed E-state index contributed by atoms with van der Waals surface area (Å²) in [7, 11) is 3.95. The molecule has 0 amide bonds. The number of anilines is 2. The smallest absolute Gasteiger partial charge is 0.0535 e. The summed E-state index contributed by atoms with van der Waals surface area (Å²) >= 11 is 7.54. The van der Waals surface area contributed by atoms with E-state index < -0.39 is 0 Å². The molecule has 0 saturated carbocycles. The fraction of sp³-hybridized carbons (Fsp3) is 0.333. The van der Waals surface area contributed by atoms with Crippen molar-refractivity contribution in [3.63, 3.8) is 0 Å². The van der Waals surface area contributed by atoms with Gasteiger partial charge in [-0.25, -0.2) is 0 Å². The van der Waals surface area contributed by atoms with E-state index in [9.17, 15) is 0 Å². The van der Waals surface area contributed by atoms with Crippen molar-refractivity contribution < 1.29 is 0 Å². The molecule has 1 aromatic rings. The van der Waals surface area contributed by atoms with Crippen molar-refractivity contribution >= 4 is 34.7 Å². The molecule has 13 heavy (non-hydrogen) atoms. The molecule has 2 nitrogen and oxygen atoms in total. The SMILES string of the molecule is CSc1c(N)cc(Cl)cc1N(C)C. The van der Waals surface area contributed by atoms with E-state index in [-0.39, 0.29) is 0 Å². The molecule has 2 N–H and O–H groups in total. The quantitative estimate of drug-likeness (QED) is 0.609. The maximum atomic E-state index is 5.91. The van der Waals surface area contributed by atoms with Gasteiger partial charge >= 0.3 is 0 Å². The van der Waals surface area contributed by atoms with E-state index in [1.807, 2.05) is 31.3 Å². The molecule has 0 aliphatic rings. The first kappa shape index (κ1) is 10.5. The molecule has 1 aromatic carbocycles. The van der Waals surface area contributed by atoms with Crippen LogP contribution < -0.4 is 10.6 Å². The van der Waals surface area contributed by atoms with E-state index in [0.29, 0.717) is 5.02 Å². The zero-order chi connectivity index (χ0) is 10.0. The zero-order valence-electron chi connectivity index (χ0n) is 7.97. The minimum absolute atomic E-state index is 0.680. The van der Waals surface area contributed by atoms with Crippen LogP contribution in [0.25, 0.3) is 0 Å². The minimum atomic E-state index is 0.680. The number of thioether (sulfide) groups is 1. The highest BCUT2D eigenvalue weighted by molar-refractivity contribution is 7.99. The summed E-state index contributed by atoms with van der Waals surface area (Å²) in [4.78, 5) is 3.09. The Morgan fingerprint density at radius 3 is 2.46 bits per heavy atom. The van der Waals surface area contributed by atoms with Gasteiger partial charge in [0.2, 0.25) is 0 Å². The highest BCUT2D eigenvalue weighted by atomic mass is 35.5. The second-order valence-electron chi connectivity index (χ2n) is 2.94. The monoisotopic (exact) mass is 216 g/mol.